The third-order valence-electron chi connectivity index (χ3n) is 3.45. The fourth-order valence-corrected chi connectivity index (χ4v) is 2.83. The lowest BCUT2D eigenvalue weighted by Gasteiger charge is -2.18. The van der Waals surface area contributed by atoms with Crippen molar-refractivity contribution < 1.29 is 0 Å². The first-order chi connectivity index (χ1) is 9.52. The average Bonchev–Trinajstić information content (AvgIpc) is 2.65. The highest BCUT2D eigenvalue weighted by molar-refractivity contribution is 9.10. The maximum Gasteiger partial charge on any atom is 0.0738 e. The highest BCUT2D eigenvalue weighted by atomic mass is 79.9. The Bertz CT molecular complexity index is 574. The number of pyridine rings is 1. The molecule has 0 fully saturated rings. The molecule has 0 spiro atoms. The number of aryl methyl sites for hydroxylation is 3. The lowest BCUT2D eigenvalue weighted by Crippen LogP contribution is -2.24. The lowest BCUT2D eigenvalue weighted by atomic mass is 10.0. The van der Waals surface area contributed by atoms with E-state index >= 15 is 0 Å². The van der Waals surface area contributed by atoms with Crippen molar-refractivity contribution in [3.8, 4) is 0 Å². The van der Waals surface area contributed by atoms with Crippen LogP contribution < -0.4 is 5.32 Å². The molecule has 2 aromatic rings. The summed E-state index contributed by atoms with van der Waals surface area (Å²) in [6.07, 6.45) is 2.84. The molecule has 20 heavy (non-hydrogen) atoms. The molecule has 0 aromatic carbocycles. The van der Waals surface area contributed by atoms with Crippen molar-refractivity contribution in [3.63, 3.8) is 0 Å². The molecular formula is C15H21BrN4. The summed E-state index contributed by atoms with van der Waals surface area (Å²) < 4.78 is 3.05. The van der Waals surface area contributed by atoms with Gasteiger partial charge in [0.2, 0.25) is 0 Å². The Morgan fingerprint density at radius 3 is 2.60 bits per heavy atom. The van der Waals surface area contributed by atoms with Gasteiger partial charge in [-0.25, -0.2) is 0 Å². The molecule has 0 bridgehead atoms. The summed E-state index contributed by atoms with van der Waals surface area (Å²) in [7, 11) is 1.99. The standard InChI is InChI=1S/C15H21BrN4/c1-5-17-13(12-7-6-10(2)18-9-12)8-14-15(16)11(3)19-20(14)4/h6-7,9,13,17H,5,8H2,1-4H3. The number of halogens is 1. The highest BCUT2D eigenvalue weighted by Crippen LogP contribution is 2.25. The van der Waals surface area contributed by atoms with Crippen LogP contribution in [0.25, 0.3) is 0 Å². The predicted octanol–water partition coefficient (Wildman–Crippen LogP) is 3.09. The van der Waals surface area contributed by atoms with E-state index in [2.05, 4.69) is 50.4 Å². The minimum Gasteiger partial charge on any atom is -0.310 e. The lowest BCUT2D eigenvalue weighted by molar-refractivity contribution is 0.526. The van der Waals surface area contributed by atoms with Crippen LogP contribution >= 0.6 is 15.9 Å². The number of aromatic nitrogens is 3. The van der Waals surface area contributed by atoms with Crippen LogP contribution in [0.3, 0.4) is 0 Å². The smallest absolute Gasteiger partial charge is 0.0738 e. The summed E-state index contributed by atoms with van der Waals surface area (Å²) in [5.74, 6) is 0. The Balaban J connectivity index is 2.27. The molecule has 2 aromatic heterocycles. The first kappa shape index (κ1) is 15.2. The molecule has 108 valence electrons. The Kier molecular flexibility index (Phi) is 4.94. The molecule has 1 N–H and O–H groups in total. The second-order valence-electron chi connectivity index (χ2n) is 5.02. The maximum atomic E-state index is 4.46. The molecule has 0 aliphatic heterocycles. The number of nitrogens with zero attached hydrogens (tertiary/aromatic N) is 3. The molecule has 0 saturated carbocycles. The van der Waals surface area contributed by atoms with E-state index in [1.807, 2.05) is 31.8 Å². The highest BCUT2D eigenvalue weighted by Gasteiger charge is 2.17. The van der Waals surface area contributed by atoms with Gasteiger partial charge in [-0.1, -0.05) is 13.0 Å². The van der Waals surface area contributed by atoms with Crippen LogP contribution in [0.1, 0.15) is 35.6 Å². The molecule has 4 nitrogen and oxygen atoms in total. The van der Waals surface area contributed by atoms with Gasteiger partial charge in [-0.15, -0.1) is 0 Å². The van der Waals surface area contributed by atoms with Gasteiger partial charge >= 0.3 is 0 Å². The van der Waals surface area contributed by atoms with E-state index in [9.17, 15) is 0 Å². The molecule has 0 aliphatic rings. The summed E-state index contributed by atoms with van der Waals surface area (Å²) >= 11 is 3.64. The maximum absolute atomic E-state index is 4.46. The van der Waals surface area contributed by atoms with Gasteiger partial charge in [0.1, 0.15) is 0 Å². The first-order valence-corrected chi connectivity index (χ1v) is 7.66. The van der Waals surface area contributed by atoms with Crippen LogP contribution in [0.2, 0.25) is 0 Å². The van der Waals surface area contributed by atoms with Gasteiger partial charge in [0.15, 0.2) is 0 Å². The summed E-state index contributed by atoms with van der Waals surface area (Å²) in [6.45, 7) is 7.07. The molecular weight excluding hydrogens is 316 g/mol. The first-order valence-electron chi connectivity index (χ1n) is 6.86. The van der Waals surface area contributed by atoms with Gasteiger partial charge in [-0.2, -0.15) is 5.10 Å². The van der Waals surface area contributed by atoms with E-state index in [-0.39, 0.29) is 6.04 Å². The zero-order valence-electron chi connectivity index (χ0n) is 12.4. The fourth-order valence-electron chi connectivity index (χ4n) is 2.33. The quantitative estimate of drug-likeness (QED) is 0.912. The number of rotatable bonds is 5. The molecule has 0 aliphatic carbocycles. The van der Waals surface area contributed by atoms with E-state index in [1.165, 1.54) is 11.3 Å². The van der Waals surface area contributed by atoms with Crippen LogP contribution in [0.5, 0.6) is 0 Å². The summed E-state index contributed by atoms with van der Waals surface area (Å²) in [5.41, 5.74) is 4.48. The van der Waals surface area contributed by atoms with Crippen LogP contribution in [-0.4, -0.2) is 21.3 Å². The molecule has 0 amide bonds. The largest absolute Gasteiger partial charge is 0.310 e. The van der Waals surface area contributed by atoms with E-state index in [0.717, 1.165) is 28.8 Å². The monoisotopic (exact) mass is 336 g/mol. The van der Waals surface area contributed by atoms with Crippen LogP contribution in [0.4, 0.5) is 0 Å². The molecule has 0 radical (unpaired) electrons. The minimum atomic E-state index is 0.249. The number of nitrogens with one attached hydrogen (secondary N) is 1. The normalized spacial score (nSPS) is 12.7. The zero-order chi connectivity index (χ0) is 14.7. The molecule has 5 heteroatoms. The SMILES string of the molecule is CCNC(Cc1c(Br)c(C)nn1C)c1ccc(C)nc1. The summed E-state index contributed by atoms with van der Waals surface area (Å²) in [5, 5.41) is 7.99. The third kappa shape index (κ3) is 3.27. The summed E-state index contributed by atoms with van der Waals surface area (Å²) in [6, 6.07) is 4.45. The average molecular weight is 337 g/mol. The van der Waals surface area contributed by atoms with Gasteiger partial charge in [0.05, 0.1) is 15.9 Å². The van der Waals surface area contributed by atoms with Crippen LogP contribution in [-0.2, 0) is 13.5 Å². The molecule has 0 saturated heterocycles. The van der Waals surface area contributed by atoms with Gasteiger partial charge in [-0.05, 0) is 48.0 Å². The van der Waals surface area contributed by atoms with E-state index in [1.54, 1.807) is 0 Å². The Labute approximate surface area is 128 Å². The zero-order valence-corrected chi connectivity index (χ0v) is 14.0. The van der Waals surface area contributed by atoms with Crippen molar-refractivity contribution in [2.45, 2.75) is 33.2 Å². The second-order valence-corrected chi connectivity index (χ2v) is 5.81. The molecule has 1 unspecified atom stereocenters. The Hall–Kier alpha value is -1.20. The number of hydrogen-bond donors (Lipinski definition) is 1. The fraction of sp³-hybridized carbons (Fsp3) is 0.467. The van der Waals surface area contributed by atoms with Crippen molar-refractivity contribution in [1.29, 1.82) is 0 Å². The molecule has 2 rings (SSSR count). The van der Waals surface area contributed by atoms with Crippen molar-refractivity contribution in [2.75, 3.05) is 6.54 Å². The topological polar surface area (TPSA) is 42.7 Å². The van der Waals surface area contributed by atoms with Gasteiger partial charge < -0.3 is 5.32 Å². The third-order valence-corrected chi connectivity index (χ3v) is 4.48. The second kappa shape index (κ2) is 6.50. The minimum absolute atomic E-state index is 0.249. The molecule has 2 heterocycles. The summed E-state index contributed by atoms with van der Waals surface area (Å²) in [4.78, 5) is 4.40. The predicted molar refractivity (Wildman–Crippen MR) is 84.7 cm³/mol. The van der Waals surface area contributed by atoms with Crippen LogP contribution in [0.15, 0.2) is 22.8 Å². The van der Waals surface area contributed by atoms with Crippen molar-refractivity contribution in [3.05, 3.63) is 45.4 Å². The molecule has 1 atom stereocenters. The van der Waals surface area contributed by atoms with E-state index in [0.29, 0.717) is 0 Å². The Morgan fingerprint density at radius 1 is 1.35 bits per heavy atom. The van der Waals surface area contributed by atoms with Crippen molar-refractivity contribution in [1.82, 2.24) is 20.1 Å². The number of hydrogen-bond acceptors (Lipinski definition) is 3. The Morgan fingerprint density at radius 2 is 2.10 bits per heavy atom. The number of likely N-dealkylation sites (N-methyl/N-ethyl adjacent to an activating group) is 1. The van der Waals surface area contributed by atoms with Gasteiger partial charge in [0.25, 0.3) is 0 Å². The van der Waals surface area contributed by atoms with Gasteiger partial charge in [0, 0.05) is 31.4 Å². The van der Waals surface area contributed by atoms with Gasteiger partial charge in [-0.3, -0.25) is 9.67 Å². The van der Waals surface area contributed by atoms with E-state index < -0.39 is 0 Å². The van der Waals surface area contributed by atoms with Crippen molar-refractivity contribution >= 4 is 15.9 Å². The van der Waals surface area contributed by atoms with Crippen molar-refractivity contribution in [2.24, 2.45) is 7.05 Å². The van der Waals surface area contributed by atoms with E-state index in [4.69, 9.17) is 0 Å². The van der Waals surface area contributed by atoms with Crippen LogP contribution in [0, 0.1) is 13.8 Å².